The fraction of sp³-hybridized carbons (Fsp3) is 0.364. The number of ether oxygens (including phenoxy) is 1. The van der Waals surface area contributed by atoms with Crippen LogP contribution in [-0.4, -0.2) is 19.6 Å². The van der Waals surface area contributed by atoms with Crippen LogP contribution in [0.4, 0.5) is 5.69 Å². The molecule has 1 aliphatic rings. The Morgan fingerprint density at radius 2 is 2.40 bits per heavy atom. The van der Waals surface area contributed by atoms with Gasteiger partial charge in [-0.05, 0) is 17.7 Å². The Bertz CT molecular complexity index is 390. The molecule has 1 aliphatic heterocycles. The first-order chi connectivity index (χ1) is 7.20. The molecular formula is C11H14N2O2. The van der Waals surface area contributed by atoms with Crippen molar-refractivity contribution >= 4 is 11.6 Å². The van der Waals surface area contributed by atoms with Gasteiger partial charge >= 0.3 is 0 Å². The highest BCUT2D eigenvalue weighted by Gasteiger charge is 2.19. The lowest BCUT2D eigenvalue weighted by molar-refractivity contribution is -0.119. The van der Waals surface area contributed by atoms with E-state index < -0.39 is 0 Å². The van der Waals surface area contributed by atoms with Crippen LogP contribution in [0.25, 0.3) is 0 Å². The highest BCUT2D eigenvalue weighted by molar-refractivity contribution is 5.74. The van der Waals surface area contributed by atoms with Gasteiger partial charge in [-0.3, -0.25) is 4.79 Å². The molecule has 1 aromatic rings. The van der Waals surface area contributed by atoms with Crippen LogP contribution in [-0.2, 0) is 4.79 Å². The molecule has 1 unspecified atom stereocenters. The normalized spacial score (nSPS) is 17.9. The molecular weight excluding hydrogens is 192 g/mol. The van der Waals surface area contributed by atoms with Crippen LogP contribution in [0.5, 0.6) is 5.75 Å². The van der Waals surface area contributed by atoms with Crippen LogP contribution in [0.2, 0.25) is 0 Å². The van der Waals surface area contributed by atoms with Gasteiger partial charge in [0.2, 0.25) is 5.91 Å². The fourth-order valence-corrected chi connectivity index (χ4v) is 1.79. The molecule has 1 amide bonds. The van der Waals surface area contributed by atoms with Gasteiger partial charge in [-0.1, -0.05) is 6.07 Å². The Morgan fingerprint density at radius 3 is 3.07 bits per heavy atom. The molecule has 0 saturated carbocycles. The highest BCUT2D eigenvalue weighted by Crippen LogP contribution is 2.32. The van der Waals surface area contributed by atoms with Crippen molar-refractivity contribution in [2.75, 3.05) is 19.0 Å². The quantitative estimate of drug-likeness (QED) is 0.766. The zero-order valence-corrected chi connectivity index (χ0v) is 8.83. The predicted molar refractivity (Wildman–Crippen MR) is 58.0 cm³/mol. The third-order valence-electron chi connectivity index (χ3n) is 2.50. The number of carbonyl (C=O) groups excluding carboxylic acids is 1. The van der Waals surface area contributed by atoms with E-state index in [0.717, 1.165) is 17.0 Å². The summed E-state index contributed by atoms with van der Waals surface area (Å²) in [4.78, 5) is 11.0. The van der Waals surface area contributed by atoms with Gasteiger partial charge in [0.1, 0.15) is 5.75 Å². The van der Waals surface area contributed by atoms with Crippen molar-refractivity contribution in [3.63, 3.8) is 0 Å². The number of benzene rings is 1. The Labute approximate surface area is 88.6 Å². The molecule has 4 nitrogen and oxygen atoms in total. The minimum atomic E-state index is -0.0129. The zero-order valence-electron chi connectivity index (χ0n) is 8.83. The van der Waals surface area contributed by atoms with Crippen molar-refractivity contribution in [3.8, 4) is 5.75 Å². The van der Waals surface area contributed by atoms with Gasteiger partial charge in [-0.15, -0.1) is 0 Å². The number of hydrogen-bond donors (Lipinski definition) is 2. The molecule has 0 radical (unpaired) electrons. The summed E-state index contributed by atoms with van der Waals surface area (Å²) in [5.74, 6) is 0.820. The van der Waals surface area contributed by atoms with E-state index in [2.05, 4.69) is 10.6 Å². The smallest absolute Gasteiger partial charge is 0.217 e. The van der Waals surface area contributed by atoms with Gasteiger partial charge in [-0.2, -0.15) is 0 Å². The molecule has 15 heavy (non-hydrogen) atoms. The van der Waals surface area contributed by atoms with Crippen LogP contribution >= 0.6 is 0 Å². The third kappa shape index (κ3) is 1.88. The first kappa shape index (κ1) is 9.83. The maximum absolute atomic E-state index is 11.0. The monoisotopic (exact) mass is 206 g/mol. The van der Waals surface area contributed by atoms with Crippen molar-refractivity contribution in [1.82, 2.24) is 5.32 Å². The SMILES string of the molecule is COc1ccc2cc1NCC2NC(C)=O. The number of rotatable bonds is 2. The average Bonchev–Trinajstić information content (AvgIpc) is 2.22. The van der Waals surface area contributed by atoms with Crippen molar-refractivity contribution in [1.29, 1.82) is 0 Å². The summed E-state index contributed by atoms with van der Waals surface area (Å²) in [6, 6.07) is 5.94. The van der Waals surface area contributed by atoms with Gasteiger partial charge in [0.15, 0.2) is 0 Å². The number of anilines is 1. The van der Waals surface area contributed by atoms with E-state index in [1.165, 1.54) is 6.92 Å². The second kappa shape index (κ2) is 3.81. The molecule has 2 rings (SSSR count). The molecule has 2 bridgehead atoms. The van der Waals surface area contributed by atoms with Gasteiger partial charge in [0.05, 0.1) is 18.8 Å². The Hall–Kier alpha value is -1.71. The summed E-state index contributed by atoms with van der Waals surface area (Å²) >= 11 is 0. The number of carbonyl (C=O) groups is 1. The molecule has 80 valence electrons. The van der Waals surface area contributed by atoms with Crippen LogP contribution in [0.3, 0.4) is 0 Å². The summed E-state index contributed by atoms with van der Waals surface area (Å²) in [5, 5.41) is 6.10. The molecule has 1 aromatic carbocycles. The average molecular weight is 206 g/mol. The van der Waals surface area contributed by atoms with E-state index in [9.17, 15) is 4.79 Å². The van der Waals surface area contributed by atoms with Crippen LogP contribution in [0.15, 0.2) is 18.2 Å². The summed E-state index contributed by atoms with van der Waals surface area (Å²) in [6.07, 6.45) is 0. The lowest BCUT2D eigenvalue weighted by atomic mass is 10.0. The summed E-state index contributed by atoms with van der Waals surface area (Å²) < 4.78 is 5.19. The molecule has 0 fully saturated rings. The van der Waals surface area contributed by atoms with E-state index in [-0.39, 0.29) is 11.9 Å². The molecule has 0 aromatic heterocycles. The van der Waals surface area contributed by atoms with Crippen molar-refractivity contribution in [3.05, 3.63) is 23.8 Å². The van der Waals surface area contributed by atoms with Crippen molar-refractivity contribution in [2.45, 2.75) is 13.0 Å². The van der Waals surface area contributed by atoms with E-state index in [1.54, 1.807) is 7.11 Å². The number of nitrogens with one attached hydrogen (secondary N) is 2. The van der Waals surface area contributed by atoms with Gasteiger partial charge in [0, 0.05) is 13.5 Å². The number of hydrogen-bond acceptors (Lipinski definition) is 3. The van der Waals surface area contributed by atoms with E-state index >= 15 is 0 Å². The molecule has 0 aliphatic carbocycles. The minimum absolute atomic E-state index is 0.0129. The highest BCUT2D eigenvalue weighted by atomic mass is 16.5. The minimum Gasteiger partial charge on any atom is -0.495 e. The molecule has 2 N–H and O–H groups in total. The summed E-state index contributed by atoms with van der Waals surface area (Å²) in [6.45, 7) is 2.23. The standard InChI is InChI=1S/C11H14N2O2/c1-7(14)13-10-6-12-9-5-8(10)3-4-11(9)15-2/h3-5,10,12H,6H2,1-2H3,(H,13,14). The van der Waals surface area contributed by atoms with Gasteiger partial charge < -0.3 is 15.4 Å². The lowest BCUT2D eigenvalue weighted by Crippen LogP contribution is -2.33. The molecule has 1 atom stereocenters. The maximum atomic E-state index is 11.0. The van der Waals surface area contributed by atoms with Crippen LogP contribution in [0, 0.1) is 0 Å². The second-order valence-corrected chi connectivity index (χ2v) is 3.59. The maximum Gasteiger partial charge on any atom is 0.217 e. The number of methoxy groups -OCH3 is 1. The van der Waals surface area contributed by atoms with E-state index in [0.29, 0.717) is 6.54 Å². The first-order valence-electron chi connectivity index (χ1n) is 4.89. The summed E-state index contributed by atoms with van der Waals surface area (Å²) in [5.41, 5.74) is 2.09. The molecule has 1 heterocycles. The zero-order chi connectivity index (χ0) is 10.8. The number of amides is 1. The summed E-state index contributed by atoms with van der Waals surface area (Å²) in [7, 11) is 1.65. The molecule has 0 spiro atoms. The Balaban J connectivity index is 2.25. The predicted octanol–water partition coefficient (Wildman–Crippen LogP) is 1.30. The van der Waals surface area contributed by atoms with Gasteiger partial charge in [0.25, 0.3) is 0 Å². The van der Waals surface area contributed by atoms with Gasteiger partial charge in [-0.25, -0.2) is 0 Å². The Morgan fingerprint density at radius 1 is 1.60 bits per heavy atom. The lowest BCUT2D eigenvalue weighted by Gasteiger charge is -2.26. The number of fused-ring (bicyclic) bond motifs is 2. The van der Waals surface area contributed by atoms with Crippen LogP contribution in [0.1, 0.15) is 18.5 Å². The molecule has 4 heteroatoms. The van der Waals surface area contributed by atoms with Crippen molar-refractivity contribution < 1.29 is 9.53 Å². The first-order valence-corrected chi connectivity index (χ1v) is 4.89. The second-order valence-electron chi connectivity index (χ2n) is 3.59. The fourth-order valence-electron chi connectivity index (χ4n) is 1.79. The van der Waals surface area contributed by atoms with Crippen LogP contribution < -0.4 is 15.4 Å². The topological polar surface area (TPSA) is 50.4 Å². The van der Waals surface area contributed by atoms with E-state index in [1.807, 2.05) is 18.2 Å². The third-order valence-corrected chi connectivity index (χ3v) is 2.50. The molecule has 0 saturated heterocycles. The Kier molecular flexibility index (Phi) is 2.49. The largest absolute Gasteiger partial charge is 0.495 e. The van der Waals surface area contributed by atoms with Crippen molar-refractivity contribution in [2.24, 2.45) is 0 Å². The van der Waals surface area contributed by atoms with E-state index in [4.69, 9.17) is 4.74 Å².